The van der Waals surface area contributed by atoms with Crippen molar-refractivity contribution in [3.8, 4) is 17.0 Å². The monoisotopic (exact) mass is 638 g/mol. The Hall–Kier alpha value is -4.00. The zero-order valence-corrected chi connectivity index (χ0v) is 26.3. The van der Waals surface area contributed by atoms with E-state index in [0.717, 1.165) is 17.5 Å². The molecule has 0 radical (unpaired) electrons. The van der Waals surface area contributed by atoms with Gasteiger partial charge in [0.1, 0.15) is 23.5 Å². The van der Waals surface area contributed by atoms with Crippen molar-refractivity contribution in [1.29, 1.82) is 0 Å². The van der Waals surface area contributed by atoms with E-state index >= 15 is 4.39 Å². The highest BCUT2D eigenvalue weighted by Crippen LogP contribution is 2.51. The molecule has 6 rings (SSSR count). The fraction of sp³-hybridized carbons (Fsp3) is 0.323. The minimum absolute atomic E-state index is 0.0549. The van der Waals surface area contributed by atoms with Gasteiger partial charge in [-0.15, -0.1) is 0 Å². The molecule has 2 aromatic carbocycles. The smallest absolute Gasteiger partial charge is 0.241 e. The molecule has 4 aromatic rings. The number of sulfonamides is 1. The summed E-state index contributed by atoms with van der Waals surface area (Å²) in [6.07, 6.45) is 4.08. The van der Waals surface area contributed by atoms with Gasteiger partial charge in [-0.2, -0.15) is 0 Å². The van der Waals surface area contributed by atoms with Gasteiger partial charge in [0.05, 0.1) is 23.7 Å². The molecule has 10 nitrogen and oxygen atoms in total. The highest BCUT2D eigenvalue weighted by Gasteiger charge is 2.58. The molecule has 0 unspecified atom stereocenters. The number of hydrogen-bond donors (Lipinski definition) is 2. The van der Waals surface area contributed by atoms with Gasteiger partial charge in [0, 0.05) is 77.8 Å². The van der Waals surface area contributed by atoms with Crippen LogP contribution in [0.25, 0.3) is 22.0 Å². The number of nitrogens with one attached hydrogen (secondary N) is 2. The van der Waals surface area contributed by atoms with Crippen molar-refractivity contribution in [2.45, 2.75) is 25.3 Å². The number of carbonyl (C=O) groups is 1. The second kappa shape index (κ2) is 11.2. The number of aromatic nitrogens is 2. The Morgan fingerprint density at radius 3 is 2.61 bits per heavy atom. The summed E-state index contributed by atoms with van der Waals surface area (Å²) in [5.74, 6) is -0.538. The number of carbonyl (C=O) groups excluding carboxylic acids is 1. The molecule has 1 spiro atoms. The molecule has 2 aliphatic rings. The van der Waals surface area contributed by atoms with Crippen LogP contribution in [0.5, 0.6) is 5.88 Å². The minimum Gasteiger partial charge on any atom is -0.475 e. The van der Waals surface area contributed by atoms with Crippen molar-refractivity contribution >= 4 is 55.5 Å². The highest BCUT2D eigenvalue weighted by molar-refractivity contribution is 7.92. The van der Waals surface area contributed by atoms with Crippen molar-refractivity contribution in [1.82, 2.24) is 15.3 Å². The lowest BCUT2D eigenvalue weighted by atomic mass is 9.73. The predicted octanol–water partition coefficient (Wildman–Crippen LogP) is 4.57. The zero-order chi connectivity index (χ0) is 31.4. The van der Waals surface area contributed by atoms with Crippen molar-refractivity contribution in [3.63, 3.8) is 0 Å². The van der Waals surface area contributed by atoms with Crippen LogP contribution in [0.1, 0.15) is 19.4 Å². The summed E-state index contributed by atoms with van der Waals surface area (Å²) >= 11 is 6.22. The van der Waals surface area contributed by atoms with Crippen LogP contribution in [0.15, 0.2) is 54.9 Å². The zero-order valence-electron chi connectivity index (χ0n) is 24.7. The molecule has 0 aliphatic carbocycles. The third kappa shape index (κ3) is 5.42. The average molecular weight is 639 g/mol. The lowest BCUT2D eigenvalue weighted by molar-refractivity contribution is -0.123. The number of nitrogens with zero attached hydrogens (tertiary/aromatic N) is 4. The molecule has 44 heavy (non-hydrogen) atoms. The fourth-order valence-corrected chi connectivity index (χ4v) is 6.69. The first-order valence-electron chi connectivity index (χ1n) is 14.1. The van der Waals surface area contributed by atoms with E-state index < -0.39 is 21.3 Å². The summed E-state index contributed by atoms with van der Waals surface area (Å²) in [6.45, 7) is 5.64. The van der Waals surface area contributed by atoms with E-state index in [1.807, 2.05) is 32.0 Å². The maximum atomic E-state index is 15.7. The van der Waals surface area contributed by atoms with E-state index in [9.17, 15) is 13.2 Å². The number of anilines is 3. The summed E-state index contributed by atoms with van der Waals surface area (Å²) in [6, 6.07) is 12.2. The minimum atomic E-state index is -3.70. The van der Waals surface area contributed by atoms with Crippen molar-refractivity contribution in [2.24, 2.45) is 0 Å². The molecule has 2 aliphatic heterocycles. The van der Waals surface area contributed by atoms with Gasteiger partial charge in [0.25, 0.3) is 0 Å². The molecule has 0 bridgehead atoms. The molecule has 1 fully saturated rings. The second-order valence-electron chi connectivity index (χ2n) is 11.6. The van der Waals surface area contributed by atoms with Gasteiger partial charge in [-0.25, -0.2) is 17.8 Å². The quantitative estimate of drug-likeness (QED) is 0.256. The molecule has 13 heteroatoms. The fourth-order valence-electron chi connectivity index (χ4n) is 5.96. The van der Waals surface area contributed by atoms with Gasteiger partial charge in [-0.05, 0) is 30.3 Å². The van der Waals surface area contributed by atoms with Gasteiger partial charge < -0.3 is 19.9 Å². The number of ether oxygens (including phenoxy) is 1. The van der Waals surface area contributed by atoms with Gasteiger partial charge in [0.15, 0.2) is 0 Å². The molecule has 0 saturated carbocycles. The van der Waals surface area contributed by atoms with Gasteiger partial charge in [-0.1, -0.05) is 31.5 Å². The number of pyridine rings is 2. The van der Waals surface area contributed by atoms with Crippen molar-refractivity contribution in [3.05, 3.63) is 71.3 Å². The number of likely N-dealkylation sites (N-methyl/N-ethyl adjacent to an activating group) is 1. The second-order valence-corrected chi connectivity index (χ2v) is 13.7. The SMILES string of the molecule is CC(C)NCCOc1ncc(-c2cc3c4c(cnc3cc2F)N(C)C(=O)C42CN(c3cccc(Cl)c3)C2)cc1NS(C)(=O)=O. The summed E-state index contributed by atoms with van der Waals surface area (Å²) in [4.78, 5) is 26.2. The number of hydrogen-bond acceptors (Lipinski definition) is 8. The van der Waals surface area contributed by atoms with Crippen LogP contribution >= 0.6 is 11.6 Å². The Bertz CT molecular complexity index is 1900. The van der Waals surface area contributed by atoms with E-state index in [0.29, 0.717) is 46.8 Å². The predicted molar refractivity (Wildman–Crippen MR) is 171 cm³/mol. The first kappa shape index (κ1) is 30.0. The lowest BCUT2D eigenvalue weighted by Gasteiger charge is -2.48. The topological polar surface area (TPSA) is 117 Å². The first-order valence-corrected chi connectivity index (χ1v) is 16.4. The Morgan fingerprint density at radius 2 is 1.91 bits per heavy atom. The van der Waals surface area contributed by atoms with Crippen LogP contribution in [-0.2, 0) is 20.2 Å². The molecular weight excluding hydrogens is 607 g/mol. The number of amides is 1. The molecule has 2 aromatic heterocycles. The molecule has 1 amide bonds. The maximum absolute atomic E-state index is 15.7. The van der Waals surface area contributed by atoms with Crippen molar-refractivity contribution in [2.75, 3.05) is 54.1 Å². The molecular formula is C31H32ClFN6O4S. The third-order valence-corrected chi connectivity index (χ3v) is 8.76. The molecule has 4 heterocycles. The first-order chi connectivity index (χ1) is 20.9. The van der Waals surface area contributed by atoms with E-state index in [4.69, 9.17) is 16.3 Å². The lowest BCUT2D eigenvalue weighted by Crippen LogP contribution is -2.64. The Balaban J connectivity index is 1.41. The Morgan fingerprint density at radius 1 is 1.14 bits per heavy atom. The standard InChI is InChI=1S/C31H32ClFN6O4S/c1-18(2)34-8-9-43-29-26(37-44(4,41)42)10-19(14-36-29)22-12-23-25(13-24(22)33)35-15-27-28(23)31(30(40)38(27)3)16-39(17-31)21-7-5-6-20(32)11-21/h5-7,10-15,18,34,37H,8-9,16-17H2,1-4H3. The summed E-state index contributed by atoms with van der Waals surface area (Å²) in [5.41, 5.74) is 2.55. The van der Waals surface area contributed by atoms with E-state index in [1.54, 1.807) is 30.3 Å². The summed E-state index contributed by atoms with van der Waals surface area (Å²) in [7, 11) is -1.97. The number of rotatable bonds is 9. The van der Waals surface area contributed by atoms with Crippen LogP contribution in [-0.4, -0.2) is 69.9 Å². The maximum Gasteiger partial charge on any atom is 0.241 e. The molecule has 230 valence electrons. The van der Waals surface area contributed by atoms with Crippen LogP contribution < -0.4 is 24.6 Å². The average Bonchev–Trinajstić information content (AvgIpc) is 3.16. The van der Waals surface area contributed by atoms with Crippen LogP contribution in [0, 0.1) is 5.82 Å². The molecule has 2 N–H and O–H groups in total. The molecule has 0 atom stereocenters. The highest BCUT2D eigenvalue weighted by atomic mass is 35.5. The summed E-state index contributed by atoms with van der Waals surface area (Å²) < 4.78 is 48.2. The Kier molecular flexibility index (Phi) is 7.63. The number of fused-ring (bicyclic) bond motifs is 4. The Labute approximate surface area is 260 Å². The van der Waals surface area contributed by atoms with Crippen LogP contribution in [0.4, 0.5) is 21.5 Å². The number of benzene rings is 2. The van der Waals surface area contributed by atoms with Crippen LogP contribution in [0.3, 0.4) is 0 Å². The normalized spacial score (nSPS) is 15.7. The molecule has 1 saturated heterocycles. The van der Waals surface area contributed by atoms with Gasteiger partial charge in [-0.3, -0.25) is 14.5 Å². The van der Waals surface area contributed by atoms with Gasteiger partial charge >= 0.3 is 0 Å². The number of halogens is 2. The van der Waals surface area contributed by atoms with E-state index in [2.05, 4.69) is 24.9 Å². The van der Waals surface area contributed by atoms with Crippen molar-refractivity contribution < 1.29 is 22.3 Å². The van der Waals surface area contributed by atoms with Gasteiger partial charge in [0.2, 0.25) is 21.8 Å². The van der Waals surface area contributed by atoms with E-state index in [-0.39, 0.29) is 35.7 Å². The van der Waals surface area contributed by atoms with E-state index in [1.165, 1.54) is 18.3 Å². The largest absolute Gasteiger partial charge is 0.475 e. The third-order valence-electron chi connectivity index (χ3n) is 7.94. The summed E-state index contributed by atoms with van der Waals surface area (Å²) in [5, 5.41) is 4.46. The van der Waals surface area contributed by atoms with Crippen LogP contribution in [0.2, 0.25) is 5.02 Å².